The van der Waals surface area contributed by atoms with Crippen molar-refractivity contribution in [3.63, 3.8) is 0 Å². The summed E-state index contributed by atoms with van der Waals surface area (Å²) in [6, 6.07) is 94.6. The summed E-state index contributed by atoms with van der Waals surface area (Å²) in [5.41, 5.74) is 22.2. The molecular weight excluding hydrogens is 1260 g/mol. The molecule has 0 aliphatic heterocycles. The van der Waals surface area contributed by atoms with Gasteiger partial charge in [-0.05, 0) is 264 Å². The molecule has 506 valence electrons. The van der Waals surface area contributed by atoms with Crippen LogP contribution in [-0.2, 0) is 0 Å². The zero-order valence-corrected chi connectivity index (χ0v) is 58.8. The van der Waals surface area contributed by atoms with Crippen molar-refractivity contribution in [1.82, 2.24) is 0 Å². The first kappa shape index (κ1) is 69.8. The number of hydrogen-bond donors (Lipinski definition) is 0. The largest absolute Gasteiger partial charge is 0.497 e. The Balaban J connectivity index is 0.857. The summed E-state index contributed by atoms with van der Waals surface area (Å²) < 4.78 is 33.2. The summed E-state index contributed by atoms with van der Waals surface area (Å²) in [4.78, 5) is 2.31. The summed E-state index contributed by atoms with van der Waals surface area (Å²) in [6.07, 6.45) is 38.7. The van der Waals surface area contributed by atoms with Gasteiger partial charge in [-0.25, -0.2) is 0 Å². The molecule has 7 heteroatoms. The predicted molar refractivity (Wildman–Crippen MR) is 439 cm³/mol. The van der Waals surface area contributed by atoms with Gasteiger partial charge in [0.05, 0.1) is 42.7 Å². The Morgan fingerprint density at radius 3 is 0.456 bits per heavy atom. The average Bonchev–Trinajstić information content (AvgIpc) is 0.822. The number of ether oxygens (including phenoxy) is 6. The first-order valence-electron chi connectivity index (χ1n) is 34.1. The van der Waals surface area contributed by atoms with E-state index >= 15 is 0 Å². The van der Waals surface area contributed by atoms with Crippen LogP contribution in [0.1, 0.15) is 100 Å². The van der Waals surface area contributed by atoms with Gasteiger partial charge in [0.25, 0.3) is 0 Å². The molecule has 103 heavy (non-hydrogen) atoms. The minimum Gasteiger partial charge on any atom is -0.497 e. The molecule has 12 aromatic carbocycles. The fourth-order valence-corrected chi connectivity index (χ4v) is 11.8. The molecule has 7 nitrogen and oxygen atoms in total. The molecule has 0 saturated heterocycles. The van der Waals surface area contributed by atoms with E-state index in [1.54, 1.807) is 42.7 Å². The Hall–Kier alpha value is -13.1. The zero-order chi connectivity index (χ0) is 71.0. The van der Waals surface area contributed by atoms with Crippen molar-refractivity contribution < 1.29 is 28.4 Å². The fourth-order valence-electron chi connectivity index (χ4n) is 11.8. The van der Waals surface area contributed by atoms with Crippen LogP contribution in [0, 0.1) is 0 Å². The third-order valence-corrected chi connectivity index (χ3v) is 17.2. The van der Waals surface area contributed by atoms with E-state index in [0.717, 1.165) is 152 Å². The van der Waals surface area contributed by atoms with Gasteiger partial charge in [-0.3, -0.25) is 0 Å². The summed E-state index contributed by atoms with van der Waals surface area (Å²) >= 11 is 0. The number of methoxy groups -OCH3 is 6. The smallest absolute Gasteiger partial charge is 0.119 e. The number of nitrogens with zero attached hydrogens (tertiary/aromatic N) is 1. The van der Waals surface area contributed by atoms with E-state index < -0.39 is 0 Å². The lowest BCUT2D eigenvalue weighted by Crippen LogP contribution is -2.09. The first-order chi connectivity index (χ1) is 50.6. The lowest BCUT2D eigenvalue weighted by atomic mass is 10.0. The van der Waals surface area contributed by atoms with E-state index in [2.05, 4.69) is 278 Å². The Morgan fingerprint density at radius 1 is 0.155 bits per heavy atom. The molecule has 0 spiro atoms. The fraction of sp³-hybridized carbons (Fsp3) is 0.0625. The highest BCUT2D eigenvalue weighted by Crippen LogP contribution is 2.36. The van der Waals surface area contributed by atoms with E-state index in [0.29, 0.717) is 0 Å². The zero-order valence-electron chi connectivity index (χ0n) is 58.8. The molecule has 0 radical (unpaired) electrons. The quantitative estimate of drug-likeness (QED) is 0.0476. The molecule has 0 aromatic heterocycles. The Bertz CT molecular complexity index is 4420. The molecule has 0 aliphatic carbocycles. The standard InChI is InChI=1S/C96H81NO6/c1-98-91-19-7-13-73(64-91)28-37-82-55-79(56-83(61-82)38-29-74-14-8-20-92(65-74)99-2)34-25-70-43-49-88(50-44-70)97(89-51-45-71(46-52-89)26-35-80-57-84(39-30-75-15-9-21-93(66-75)100-3)62-85(58-80)40-31-76-16-10-22-94(67-76)101-4)90-53-47-72(48-54-90)27-36-81-59-86(41-32-77-17-11-23-95(68-77)102-5)63-87(60-81)42-33-78-18-12-24-96(69-78)103-6/h7-69H,1-6H3/b34-25+,35-26+,36-27+,37-28+,38-29+,39-30+,40-31+,41-32+,42-33+. The topological polar surface area (TPSA) is 58.6 Å². The molecule has 0 unspecified atom stereocenters. The summed E-state index contributed by atoms with van der Waals surface area (Å²) in [7, 11) is 10.2. The van der Waals surface area contributed by atoms with Crippen LogP contribution in [0.3, 0.4) is 0 Å². The average molecular weight is 1340 g/mol. The first-order valence-corrected chi connectivity index (χ1v) is 34.1. The normalized spacial score (nSPS) is 11.8. The van der Waals surface area contributed by atoms with Crippen molar-refractivity contribution in [3.05, 3.63) is 373 Å². The van der Waals surface area contributed by atoms with E-state index in [1.165, 1.54) is 0 Å². The van der Waals surface area contributed by atoms with Gasteiger partial charge in [-0.15, -0.1) is 0 Å². The second-order valence-corrected chi connectivity index (χ2v) is 24.6. The van der Waals surface area contributed by atoms with Crippen LogP contribution in [0.4, 0.5) is 17.1 Å². The lowest BCUT2D eigenvalue weighted by Gasteiger charge is -2.26. The van der Waals surface area contributed by atoms with Gasteiger partial charge in [0, 0.05) is 17.1 Å². The van der Waals surface area contributed by atoms with Crippen molar-refractivity contribution in [2.24, 2.45) is 0 Å². The van der Waals surface area contributed by atoms with Crippen molar-refractivity contribution in [3.8, 4) is 34.5 Å². The monoisotopic (exact) mass is 1340 g/mol. The van der Waals surface area contributed by atoms with Crippen molar-refractivity contribution >= 4 is 126 Å². The van der Waals surface area contributed by atoms with Gasteiger partial charge in [0.15, 0.2) is 0 Å². The summed E-state index contributed by atoms with van der Waals surface area (Å²) in [5.74, 6) is 4.89. The van der Waals surface area contributed by atoms with Gasteiger partial charge in [0.1, 0.15) is 34.5 Å². The SMILES string of the molecule is COc1cccc(/C=C/c2cc(/C=C/c3ccc(N(c4ccc(/C=C/c5cc(/C=C/c6cccc(OC)c6)cc(/C=C/c6cccc(OC)c6)c5)cc4)c4ccc(/C=C/c5cc(/C=C/c6cccc(OC)c6)cc(/C=C/c6cccc(OC)c6)c5)cc4)cc3)cc(/C=C/c3cccc(OC)c3)c2)c1. The highest BCUT2D eigenvalue weighted by Gasteiger charge is 2.14. The van der Waals surface area contributed by atoms with Crippen LogP contribution in [0.2, 0.25) is 0 Å². The molecule has 12 aromatic rings. The Kier molecular flexibility index (Phi) is 23.8. The molecule has 0 atom stereocenters. The maximum Gasteiger partial charge on any atom is 0.119 e. The van der Waals surface area contributed by atoms with E-state index in [9.17, 15) is 0 Å². The molecule has 0 N–H and O–H groups in total. The van der Waals surface area contributed by atoms with E-state index in [4.69, 9.17) is 28.4 Å². The maximum absolute atomic E-state index is 5.53. The third-order valence-electron chi connectivity index (χ3n) is 17.2. The minimum atomic E-state index is 0.815. The van der Waals surface area contributed by atoms with Crippen LogP contribution >= 0.6 is 0 Å². The van der Waals surface area contributed by atoms with Crippen molar-refractivity contribution in [2.45, 2.75) is 0 Å². The predicted octanol–water partition coefficient (Wildman–Crippen LogP) is 24.7. The van der Waals surface area contributed by atoms with E-state index in [1.807, 2.05) is 109 Å². The highest BCUT2D eigenvalue weighted by atomic mass is 16.5. The summed E-state index contributed by atoms with van der Waals surface area (Å²) in [5, 5.41) is 0. The van der Waals surface area contributed by atoms with Crippen LogP contribution in [-0.4, -0.2) is 42.7 Å². The number of hydrogen-bond acceptors (Lipinski definition) is 7. The molecule has 0 bridgehead atoms. The summed E-state index contributed by atoms with van der Waals surface area (Å²) in [6.45, 7) is 0. The van der Waals surface area contributed by atoms with Gasteiger partial charge in [-0.2, -0.15) is 0 Å². The second kappa shape index (κ2) is 35.1. The molecule has 0 fully saturated rings. The van der Waals surface area contributed by atoms with E-state index in [-0.39, 0.29) is 0 Å². The van der Waals surface area contributed by atoms with Crippen LogP contribution in [0.5, 0.6) is 34.5 Å². The van der Waals surface area contributed by atoms with Gasteiger partial charge in [0.2, 0.25) is 0 Å². The molecule has 12 rings (SSSR count). The van der Waals surface area contributed by atoms with Crippen molar-refractivity contribution in [1.29, 1.82) is 0 Å². The van der Waals surface area contributed by atoms with Gasteiger partial charge in [-0.1, -0.05) is 219 Å². The van der Waals surface area contributed by atoms with Gasteiger partial charge >= 0.3 is 0 Å². The number of anilines is 3. The maximum atomic E-state index is 5.53. The minimum absolute atomic E-state index is 0.815. The Labute approximate surface area is 606 Å². The van der Waals surface area contributed by atoms with Crippen LogP contribution in [0.25, 0.3) is 109 Å². The number of benzene rings is 12. The van der Waals surface area contributed by atoms with Crippen LogP contribution in [0.15, 0.2) is 273 Å². The molecule has 0 heterocycles. The second-order valence-electron chi connectivity index (χ2n) is 24.6. The third kappa shape index (κ3) is 20.3. The number of rotatable bonds is 27. The molecular formula is C96H81NO6. The van der Waals surface area contributed by atoms with Crippen LogP contribution < -0.4 is 33.3 Å². The van der Waals surface area contributed by atoms with Crippen molar-refractivity contribution in [2.75, 3.05) is 47.6 Å². The lowest BCUT2D eigenvalue weighted by molar-refractivity contribution is 0.414. The molecule has 0 saturated carbocycles. The molecule has 0 aliphatic rings. The molecule has 0 amide bonds. The Morgan fingerprint density at radius 2 is 0.301 bits per heavy atom. The highest BCUT2D eigenvalue weighted by molar-refractivity contribution is 5.85. The van der Waals surface area contributed by atoms with Gasteiger partial charge < -0.3 is 33.3 Å².